The highest BCUT2D eigenvalue weighted by Crippen LogP contribution is 2.31. The molecule has 2 atom stereocenters. The molecule has 0 bridgehead atoms. The van der Waals surface area contributed by atoms with Gasteiger partial charge >= 0.3 is 6.18 Å². The third-order valence-electron chi connectivity index (χ3n) is 6.10. The van der Waals surface area contributed by atoms with Gasteiger partial charge in [-0.15, -0.1) is 0 Å². The number of amides is 1. The number of nitrogens with zero attached hydrogens (tertiary/aromatic N) is 2. The minimum Gasteiger partial charge on any atom is -0.494 e. The van der Waals surface area contributed by atoms with Crippen molar-refractivity contribution in [1.82, 2.24) is 10.3 Å². The summed E-state index contributed by atoms with van der Waals surface area (Å²) in [5, 5.41) is 12.2. The summed E-state index contributed by atoms with van der Waals surface area (Å²) in [7, 11) is 0. The van der Waals surface area contributed by atoms with Crippen molar-refractivity contribution in [2.45, 2.75) is 57.9 Å². The Morgan fingerprint density at radius 1 is 1.10 bits per heavy atom. The van der Waals surface area contributed by atoms with Crippen LogP contribution in [0.1, 0.15) is 55.9 Å². The maximum absolute atomic E-state index is 14.4. The van der Waals surface area contributed by atoms with Crippen LogP contribution in [-0.2, 0) is 17.4 Å². The summed E-state index contributed by atoms with van der Waals surface area (Å²) in [4.78, 5) is 16.9. The van der Waals surface area contributed by atoms with Crippen molar-refractivity contribution in [3.63, 3.8) is 0 Å². The molecule has 39 heavy (non-hydrogen) atoms. The third-order valence-corrected chi connectivity index (χ3v) is 6.10. The lowest BCUT2D eigenvalue weighted by molar-refractivity contribution is -0.138. The molecule has 0 aliphatic heterocycles. The highest BCUT2D eigenvalue weighted by molar-refractivity contribution is 5.85. The van der Waals surface area contributed by atoms with E-state index < -0.39 is 41.0 Å². The van der Waals surface area contributed by atoms with Crippen LogP contribution in [0.2, 0.25) is 0 Å². The fourth-order valence-electron chi connectivity index (χ4n) is 4.01. The number of nitrogens with one attached hydrogen (secondary N) is 1. The summed E-state index contributed by atoms with van der Waals surface area (Å²) < 4.78 is 64.0. The molecule has 3 aromatic rings. The topological polar surface area (TPSA) is 84.2 Å². The summed E-state index contributed by atoms with van der Waals surface area (Å²) in [5.41, 5.74) is -0.857. The van der Waals surface area contributed by atoms with Gasteiger partial charge in [-0.05, 0) is 81.6 Å². The first-order valence-corrected chi connectivity index (χ1v) is 12.3. The van der Waals surface area contributed by atoms with Crippen LogP contribution in [-0.4, -0.2) is 29.1 Å². The molecule has 2 aromatic carbocycles. The normalized spacial score (nSPS) is 13.2. The van der Waals surface area contributed by atoms with Crippen LogP contribution in [0.25, 0.3) is 0 Å². The maximum atomic E-state index is 14.4. The quantitative estimate of drug-likeness (QED) is 0.308. The minimum atomic E-state index is -4.55. The summed E-state index contributed by atoms with van der Waals surface area (Å²) in [6, 6.07) is 14.7. The van der Waals surface area contributed by atoms with E-state index in [2.05, 4.69) is 10.3 Å². The number of hydrogen-bond donors (Lipinski definition) is 1. The maximum Gasteiger partial charge on any atom is 0.417 e. The second-order valence-corrected chi connectivity index (χ2v) is 9.53. The Kier molecular flexibility index (Phi) is 9.17. The predicted octanol–water partition coefficient (Wildman–Crippen LogP) is 6.20. The lowest BCUT2D eigenvalue weighted by atomic mass is 9.85. The zero-order valence-corrected chi connectivity index (χ0v) is 22.0. The van der Waals surface area contributed by atoms with Crippen LogP contribution in [0.15, 0.2) is 60.8 Å². The number of aromatic nitrogens is 1. The molecule has 0 aliphatic rings. The van der Waals surface area contributed by atoms with E-state index in [9.17, 15) is 27.6 Å². The van der Waals surface area contributed by atoms with E-state index >= 15 is 0 Å². The zero-order chi connectivity index (χ0) is 28.8. The molecule has 6 nitrogen and oxygen atoms in total. The Bertz CT molecular complexity index is 1320. The van der Waals surface area contributed by atoms with Crippen LogP contribution in [0.4, 0.5) is 17.6 Å². The molecule has 0 saturated heterocycles. The molecule has 3 rings (SSSR count). The molecule has 2 unspecified atom stereocenters. The number of benzene rings is 2. The van der Waals surface area contributed by atoms with Gasteiger partial charge in [-0.2, -0.15) is 18.4 Å². The van der Waals surface area contributed by atoms with E-state index in [-0.39, 0.29) is 11.4 Å². The first-order valence-electron chi connectivity index (χ1n) is 12.3. The average molecular weight is 544 g/mol. The van der Waals surface area contributed by atoms with Gasteiger partial charge in [0.25, 0.3) is 5.91 Å². The monoisotopic (exact) mass is 543 g/mol. The molecule has 1 amide bonds. The highest BCUT2D eigenvalue weighted by Gasteiger charge is 2.35. The number of rotatable bonds is 10. The van der Waals surface area contributed by atoms with Crippen LogP contribution in [0.5, 0.6) is 11.6 Å². The van der Waals surface area contributed by atoms with Crippen molar-refractivity contribution in [1.29, 1.82) is 5.26 Å². The standard InChI is InChI=1S/C29H29F4N3O3/c1-5-38-24-9-6-19(7-10-24)14-25(21-12-20(16-34)13-23(30)15-21)18(2)36-27(37)28(3,4)39-26-11-8-22(17-35-26)29(31,32)33/h6-13,15,17-18,25H,5,14H2,1-4H3,(H,36,37). The Balaban J connectivity index is 1.82. The fraction of sp³-hybridized carbons (Fsp3) is 0.345. The van der Waals surface area contributed by atoms with E-state index in [0.29, 0.717) is 30.5 Å². The van der Waals surface area contributed by atoms with Gasteiger partial charge in [0.15, 0.2) is 5.60 Å². The molecular weight excluding hydrogens is 514 g/mol. The van der Waals surface area contributed by atoms with E-state index in [1.165, 1.54) is 19.9 Å². The molecule has 1 heterocycles. The van der Waals surface area contributed by atoms with Crippen LogP contribution >= 0.6 is 0 Å². The Morgan fingerprint density at radius 2 is 1.79 bits per heavy atom. The highest BCUT2D eigenvalue weighted by atomic mass is 19.4. The van der Waals surface area contributed by atoms with Crippen molar-refractivity contribution in [2.24, 2.45) is 0 Å². The van der Waals surface area contributed by atoms with E-state index in [0.717, 1.165) is 23.8 Å². The molecule has 1 N–H and O–H groups in total. The molecule has 0 fully saturated rings. The average Bonchev–Trinajstić information content (AvgIpc) is 2.87. The van der Waals surface area contributed by atoms with Gasteiger partial charge < -0.3 is 14.8 Å². The van der Waals surface area contributed by atoms with E-state index in [1.807, 2.05) is 37.3 Å². The van der Waals surface area contributed by atoms with Crippen LogP contribution < -0.4 is 14.8 Å². The molecule has 0 radical (unpaired) electrons. The second-order valence-electron chi connectivity index (χ2n) is 9.53. The fourth-order valence-corrected chi connectivity index (χ4v) is 4.01. The molecule has 1 aromatic heterocycles. The molecule has 0 aliphatic carbocycles. The molecule has 10 heteroatoms. The van der Waals surface area contributed by atoms with Gasteiger partial charge in [-0.3, -0.25) is 4.79 Å². The lowest BCUT2D eigenvalue weighted by Crippen LogP contribution is -2.51. The largest absolute Gasteiger partial charge is 0.494 e. The number of carbonyl (C=O) groups excluding carboxylic acids is 1. The van der Waals surface area contributed by atoms with Crippen LogP contribution in [0, 0.1) is 17.1 Å². The first-order chi connectivity index (χ1) is 18.3. The number of nitriles is 1. The molecule has 206 valence electrons. The summed E-state index contributed by atoms with van der Waals surface area (Å²) in [5.74, 6) is -1.01. The first kappa shape index (κ1) is 29.4. The van der Waals surface area contributed by atoms with Gasteiger partial charge in [-0.1, -0.05) is 12.1 Å². The van der Waals surface area contributed by atoms with Crippen molar-refractivity contribution in [2.75, 3.05) is 6.61 Å². The number of hydrogen-bond acceptors (Lipinski definition) is 5. The third kappa shape index (κ3) is 7.93. The Labute approximate surface area is 224 Å². The number of carbonyl (C=O) groups is 1. The van der Waals surface area contributed by atoms with Crippen molar-refractivity contribution in [3.05, 3.63) is 88.9 Å². The minimum absolute atomic E-state index is 0.148. The summed E-state index contributed by atoms with van der Waals surface area (Å²) in [6.07, 6.45) is -3.51. The zero-order valence-electron chi connectivity index (χ0n) is 22.0. The lowest BCUT2D eigenvalue weighted by Gasteiger charge is -2.31. The molecule has 0 saturated carbocycles. The summed E-state index contributed by atoms with van der Waals surface area (Å²) in [6.45, 7) is 7.08. The van der Waals surface area contributed by atoms with Gasteiger partial charge in [0.2, 0.25) is 5.88 Å². The second kappa shape index (κ2) is 12.2. The van der Waals surface area contributed by atoms with Gasteiger partial charge in [0, 0.05) is 24.2 Å². The molecular formula is C29H29F4N3O3. The number of alkyl halides is 3. The van der Waals surface area contributed by atoms with Crippen LogP contribution in [0.3, 0.4) is 0 Å². The number of ether oxygens (including phenoxy) is 2. The number of halogens is 4. The predicted molar refractivity (Wildman–Crippen MR) is 137 cm³/mol. The smallest absolute Gasteiger partial charge is 0.417 e. The number of pyridine rings is 1. The molecule has 0 spiro atoms. The van der Waals surface area contributed by atoms with Gasteiger partial charge in [-0.25, -0.2) is 9.37 Å². The Hall–Kier alpha value is -4.13. The van der Waals surface area contributed by atoms with Gasteiger partial charge in [0.1, 0.15) is 11.6 Å². The SMILES string of the molecule is CCOc1ccc(CC(c2cc(F)cc(C#N)c2)C(C)NC(=O)C(C)(C)Oc2ccc(C(F)(F)F)cn2)cc1. The Morgan fingerprint density at radius 3 is 2.36 bits per heavy atom. The van der Waals surface area contributed by atoms with E-state index in [1.54, 1.807) is 13.0 Å². The van der Waals surface area contributed by atoms with Gasteiger partial charge in [0.05, 0.1) is 23.8 Å². The van der Waals surface area contributed by atoms with E-state index in [4.69, 9.17) is 9.47 Å². The van der Waals surface area contributed by atoms with Crippen molar-refractivity contribution < 1.29 is 31.8 Å². The summed E-state index contributed by atoms with van der Waals surface area (Å²) >= 11 is 0. The van der Waals surface area contributed by atoms with Crippen molar-refractivity contribution >= 4 is 5.91 Å². The van der Waals surface area contributed by atoms with Crippen molar-refractivity contribution in [3.8, 4) is 17.7 Å².